The summed E-state index contributed by atoms with van der Waals surface area (Å²) in [6.45, 7) is 0. The molecule has 0 saturated heterocycles. The van der Waals surface area contributed by atoms with Gasteiger partial charge in [-0.1, -0.05) is 0 Å². The van der Waals surface area contributed by atoms with Crippen molar-refractivity contribution in [2.75, 3.05) is 0 Å². The molecule has 2 aromatic rings. The van der Waals surface area contributed by atoms with Crippen molar-refractivity contribution in [2.24, 2.45) is 0 Å². The molecule has 10 heteroatoms. The molecule has 0 saturated carbocycles. The molecule has 2 aromatic heterocycles. The zero-order valence-electron chi connectivity index (χ0n) is 8.26. The van der Waals surface area contributed by atoms with Gasteiger partial charge in [0.05, 0.1) is 12.4 Å². The molecule has 0 radical (unpaired) electrons. The van der Waals surface area contributed by atoms with Crippen LogP contribution in [0.15, 0.2) is 22.0 Å². The normalized spacial score (nSPS) is 10.4. The molecule has 10 nitrogen and oxygen atoms in total. The van der Waals surface area contributed by atoms with E-state index in [2.05, 4.69) is 20.6 Å². The van der Waals surface area contributed by atoms with Gasteiger partial charge < -0.3 is 10.4 Å². The summed E-state index contributed by atoms with van der Waals surface area (Å²) in [6, 6.07) is 0. The second-order valence-corrected chi connectivity index (χ2v) is 3.08. The largest absolute Gasteiger partial charge is 0.407 e. The topological polar surface area (TPSA) is 136 Å². The zero-order chi connectivity index (χ0) is 12.4. The molecule has 0 aliphatic rings. The quantitative estimate of drug-likeness (QED) is 0.555. The SMILES string of the molecule is O=c1c(Cc2cnnn(O)c2=O)cnnn1O. The molecule has 0 aromatic carbocycles. The minimum Gasteiger partial charge on any atom is -0.407 e. The number of aromatic nitrogens is 6. The first kappa shape index (κ1) is 10.7. The maximum Gasteiger partial charge on any atom is 0.309 e. The summed E-state index contributed by atoms with van der Waals surface area (Å²) in [5, 5.41) is 30.8. The van der Waals surface area contributed by atoms with Crippen molar-refractivity contribution < 1.29 is 10.4 Å². The fourth-order valence-electron chi connectivity index (χ4n) is 1.19. The molecule has 2 N–H and O–H groups in total. The van der Waals surface area contributed by atoms with Gasteiger partial charge in [0.25, 0.3) is 0 Å². The Morgan fingerprint density at radius 3 is 1.76 bits per heavy atom. The van der Waals surface area contributed by atoms with E-state index in [0.29, 0.717) is 0 Å². The fourth-order valence-corrected chi connectivity index (χ4v) is 1.19. The van der Waals surface area contributed by atoms with E-state index in [1.54, 1.807) is 0 Å². The standard InChI is InChI=1S/C7H6N6O4/c14-6-4(2-8-10-12(6)16)1-5-3-9-11-13(17)7(5)15/h2-3,16-17H,1H2. The summed E-state index contributed by atoms with van der Waals surface area (Å²) in [6.07, 6.45) is 2.07. The first-order valence-corrected chi connectivity index (χ1v) is 4.36. The summed E-state index contributed by atoms with van der Waals surface area (Å²) in [5.74, 6) is 0. The molecular weight excluding hydrogens is 232 g/mol. The van der Waals surface area contributed by atoms with Crippen LogP contribution < -0.4 is 11.1 Å². The van der Waals surface area contributed by atoms with Gasteiger partial charge in [-0.3, -0.25) is 9.59 Å². The van der Waals surface area contributed by atoms with Crippen molar-refractivity contribution in [2.45, 2.75) is 6.42 Å². The van der Waals surface area contributed by atoms with Gasteiger partial charge in [-0.25, -0.2) is 0 Å². The van der Waals surface area contributed by atoms with Crippen LogP contribution in [0.2, 0.25) is 0 Å². The maximum absolute atomic E-state index is 11.4. The fraction of sp³-hybridized carbons (Fsp3) is 0.143. The second-order valence-electron chi connectivity index (χ2n) is 3.08. The van der Waals surface area contributed by atoms with E-state index in [-0.39, 0.29) is 27.2 Å². The molecule has 0 amide bonds. The number of nitrogens with zero attached hydrogens (tertiary/aromatic N) is 6. The average Bonchev–Trinajstić information content (AvgIpc) is 2.31. The Balaban J connectivity index is 2.46. The van der Waals surface area contributed by atoms with Gasteiger partial charge in [0.2, 0.25) is 0 Å². The van der Waals surface area contributed by atoms with Crippen LogP contribution >= 0.6 is 0 Å². The van der Waals surface area contributed by atoms with Crippen LogP contribution in [0.5, 0.6) is 0 Å². The van der Waals surface area contributed by atoms with Gasteiger partial charge in [-0.05, 0) is 20.1 Å². The predicted octanol–water partition coefficient (Wildman–Crippen LogP) is -2.34. The number of hydrogen-bond acceptors (Lipinski definition) is 8. The Hall–Kier alpha value is -2.78. The highest BCUT2D eigenvalue weighted by atomic mass is 16.5. The first-order valence-electron chi connectivity index (χ1n) is 4.36. The van der Waals surface area contributed by atoms with Gasteiger partial charge in [-0.2, -0.15) is 0 Å². The number of rotatable bonds is 2. The molecule has 0 bridgehead atoms. The van der Waals surface area contributed by atoms with E-state index in [4.69, 9.17) is 10.4 Å². The summed E-state index contributed by atoms with van der Waals surface area (Å²) >= 11 is 0. The molecule has 2 heterocycles. The zero-order valence-corrected chi connectivity index (χ0v) is 8.26. The van der Waals surface area contributed by atoms with Crippen molar-refractivity contribution in [1.82, 2.24) is 30.3 Å². The Bertz CT molecular complexity index is 604. The third kappa shape index (κ3) is 1.95. The summed E-state index contributed by atoms with van der Waals surface area (Å²) in [5.41, 5.74) is -1.54. The van der Waals surface area contributed by atoms with Crippen molar-refractivity contribution in [1.29, 1.82) is 0 Å². The molecule has 0 atom stereocenters. The lowest BCUT2D eigenvalue weighted by Gasteiger charge is -2.00. The molecular formula is C7H6N6O4. The van der Waals surface area contributed by atoms with E-state index in [1.165, 1.54) is 0 Å². The van der Waals surface area contributed by atoms with Crippen molar-refractivity contribution in [3.8, 4) is 0 Å². The molecule has 17 heavy (non-hydrogen) atoms. The third-order valence-corrected chi connectivity index (χ3v) is 1.99. The van der Waals surface area contributed by atoms with E-state index in [9.17, 15) is 9.59 Å². The van der Waals surface area contributed by atoms with Gasteiger partial charge in [0.1, 0.15) is 0 Å². The summed E-state index contributed by atoms with van der Waals surface area (Å²) in [4.78, 5) is 22.9. The molecule has 0 fully saturated rings. The molecule has 0 unspecified atom stereocenters. The Morgan fingerprint density at radius 2 is 1.35 bits per heavy atom. The van der Waals surface area contributed by atoms with E-state index in [1.807, 2.05) is 0 Å². The van der Waals surface area contributed by atoms with E-state index in [0.717, 1.165) is 12.4 Å². The van der Waals surface area contributed by atoms with Gasteiger partial charge in [-0.15, -0.1) is 10.2 Å². The smallest absolute Gasteiger partial charge is 0.309 e. The van der Waals surface area contributed by atoms with Gasteiger partial charge in [0.15, 0.2) is 0 Å². The molecule has 2 rings (SSSR count). The Kier molecular flexibility index (Phi) is 2.52. The van der Waals surface area contributed by atoms with Crippen molar-refractivity contribution in [3.05, 3.63) is 44.2 Å². The third-order valence-electron chi connectivity index (χ3n) is 1.99. The van der Waals surface area contributed by atoms with Gasteiger partial charge >= 0.3 is 11.1 Å². The van der Waals surface area contributed by atoms with Crippen molar-refractivity contribution in [3.63, 3.8) is 0 Å². The van der Waals surface area contributed by atoms with Gasteiger partial charge in [0, 0.05) is 17.5 Å². The van der Waals surface area contributed by atoms with E-state index >= 15 is 0 Å². The highest BCUT2D eigenvalue weighted by molar-refractivity contribution is 5.16. The highest BCUT2D eigenvalue weighted by Gasteiger charge is 2.10. The van der Waals surface area contributed by atoms with Crippen LogP contribution in [0.4, 0.5) is 0 Å². The minimum atomic E-state index is -0.805. The lowest BCUT2D eigenvalue weighted by molar-refractivity contribution is 0.122. The molecule has 0 spiro atoms. The van der Waals surface area contributed by atoms with Crippen molar-refractivity contribution >= 4 is 0 Å². The first-order chi connectivity index (χ1) is 8.09. The molecule has 0 aliphatic carbocycles. The summed E-state index contributed by atoms with van der Waals surface area (Å²) < 4.78 is 0. The predicted molar refractivity (Wildman–Crippen MR) is 49.8 cm³/mol. The van der Waals surface area contributed by atoms with Crippen LogP contribution in [-0.4, -0.2) is 40.7 Å². The molecule has 88 valence electrons. The second kappa shape index (κ2) is 4.00. The Labute approximate surface area is 92.3 Å². The van der Waals surface area contributed by atoms with Crippen LogP contribution in [-0.2, 0) is 6.42 Å². The van der Waals surface area contributed by atoms with E-state index < -0.39 is 11.1 Å². The highest BCUT2D eigenvalue weighted by Crippen LogP contribution is 1.96. The lowest BCUT2D eigenvalue weighted by Crippen LogP contribution is -2.29. The minimum absolute atomic E-state index is 0.0348. The lowest BCUT2D eigenvalue weighted by atomic mass is 10.1. The maximum atomic E-state index is 11.4. The molecule has 0 aliphatic heterocycles. The average molecular weight is 238 g/mol. The van der Waals surface area contributed by atoms with Crippen LogP contribution in [0.25, 0.3) is 0 Å². The van der Waals surface area contributed by atoms with Crippen LogP contribution in [0.1, 0.15) is 11.1 Å². The number of hydrogen-bond donors (Lipinski definition) is 2. The van der Waals surface area contributed by atoms with Crippen LogP contribution in [0, 0.1) is 0 Å². The van der Waals surface area contributed by atoms with Crippen LogP contribution in [0.3, 0.4) is 0 Å². The monoisotopic (exact) mass is 238 g/mol. The Morgan fingerprint density at radius 1 is 0.941 bits per heavy atom. The summed E-state index contributed by atoms with van der Waals surface area (Å²) in [7, 11) is 0.